The Hall–Kier alpha value is -4.66. The Kier molecular flexibility index (Phi) is 7.92. The summed E-state index contributed by atoms with van der Waals surface area (Å²) in [7, 11) is 0. The molecule has 3 aromatic rings. The van der Waals surface area contributed by atoms with Crippen LogP contribution >= 0.6 is 0 Å². The van der Waals surface area contributed by atoms with E-state index in [-0.39, 0.29) is 24.0 Å². The number of carbonyl (C=O) groups is 2. The fraction of sp³-hybridized carbons (Fsp3) is 0.185. The van der Waals surface area contributed by atoms with E-state index in [1.54, 1.807) is 24.3 Å². The average molecular weight is 487 g/mol. The summed E-state index contributed by atoms with van der Waals surface area (Å²) in [5.41, 5.74) is 2.39. The van der Waals surface area contributed by atoms with Crippen molar-refractivity contribution in [2.75, 3.05) is 43.0 Å². The number of benzene rings is 3. The number of para-hydroxylation sites is 2. The second kappa shape index (κ2) is 11.7. The number of nitro benzene ring substituents is 1. The summed E-state index contributed by atoms with van der Waals surface area (Å²) in [5.74, 6) is -0.377. The lowest BCUT2D eigenvalue weighted by Crippen LogP contribution is -2.48. The lowest BCUT2D eigenvalue weighted by Gasteiger charge is -2.35. The largest absolute Gasteiger partial charge is 0.477 e. The quantitative estimate of drug-likeness (QED) is 0.293. The molecule has 1 fully saturated rings. The number of nitro groups is 1. The van der Waals surface area contributed by atoms with Crippen LogP contribution in [-0.4, -0.2) is 54.4 Å². The zero-order valence-corrected chi connectivity index (χ0v) is 19.6. The first-order valence-electron chi connectivity index (χ1n) is 11.5. The van der Waals surface area contributed by atoms with Crippen molar-refractivity contribution in [1.82, 2.24) is 4.90 Å². The van der Waals surface area contributed by atoms with Gasteiger partial charge in [0.2, 0.25) is 5.91 Å². The van der Waals surface area contributed by atoms with Crippen molar-refractivity contribution in [3.8, 4) is 5.75 Å². The maximum atomic E-state index is 12.5. The van der Waals surface area contributed by atoms with Gasteiger partial charge in [-0.15, -0.1) is 0 Å². The molecule has 1 heterocycles. The van der Waals surface area contributed by atoms with Gasteiger partial charge in [-0.3, -0.25) is 19.7 Å². The summed E-state index contributed by atoms with van der Waals surface area (Å²) >= 11 is 0. The predicted octanol–water partition coefficient (Wildman–Crippen LogP) is 3.97. The predicted molar refractivity (Wildman–Crippen MR) is 138 cm³/mol. The SMILES string of the molecule is O=C(COc1ccccc1[N+](=O)[O-])Nc1ccc(N2CCN(C(=O)C=Cc3ccccc3)CC2)cc1. The third-order valence-electron chi connectivity index (χ3n) is 5.75. The number of piperazine rings is 1. The van der Waals surface area contributed by atoms with Crippen LogP contribution in [0.1, 0.15) is 5.56 Å². The van der Waals surface area contributed by atoms with Crippen LogP contribution in [-0.2, 0) is 9.59 Å². The minimum Gasteiger partial charge on any atom is -0.477 e. The van der Waals surface area contributed by atoms with E-state index in [1.807, 2.05) is 53.4 Å². The van der Waals surface area contributed by atoms with E-state index in [9.17, 15) is 19.7 Å². The van der Waals surface area contributed by atoms with E-state index >= 15 is 0 Å². The maximum absolute atomic E-state index is 12.5. The lowest BCUT2D eigenvalue weighted by molar-refractivity contribution is -0.385. The van der Waals surface area contributed by atoms with Gasteiger partial charge in [0, 0.05) is 49.7 Å². The molecule has 2 amide bonds. The van der Waals surface area contributed by atoms with Crippen LogP contribution in [0, 0.1) is 10.1 Å². The van der Waals surface area contributed by atoms with Crippen LogP contribution in [0.15, 0.2) is 84.9 Å². The van der Waals surface area contributed by atoms with Crippen molar-refractivity contribution < 1.29 is 19.2 Å². The van der Waals surface area contributed by atoms with Crippen LogP contribution < -0.4 is 15.0 Å². The summed E-state index contributed by atoms with van der Waals surface area (Å²) in [6.07, 6.45) is 3.44. The number of amides is 2. The smallest absolute Gasteiger partial charge is 0.310 e. The van der Waals surface area contributed by atoms with Gasteiger partial charge in [0.25, 0.3) is 5.91 Å². The highest BCUT2D eigenvalue weighted by Gasteiger charge is 2.20. The topological polar surface area (TPSA) is 105 Å². The molecule has 1 aliphatic heterocycles. The first-order valence-corrected chi connectivity index (χ1v) is 11.5. The molecule has 0 aromatic heterocycles. The number of rotatable bonds is 8. The Labute approximate surface area is 208 Å². The molecule has 9 heteroatoms. The molecule has 0 spiro atoms. The van der Waals surface area contributed by atoms with Crippen LogP contribution in [0.2, 0.25) is 0 Å². The van der Waals surface area contributed by atoms with Crippen molar-refractivity contribution in [2.45, 2.75) is 0 Å². The molecule has 0 aliphatic carbocycles. The number of nitrogens with one attached hydrogen (secondary N) is 1. The Morgan fingerprint density at radius 1 is 0.917 bits per heavy atom. The van der Waals surface area contributed by atoms with E-state index in [1.165, 1.54) is 18.2 Å². The van der Waals surface area contributed by atoms with E-state index < -0.39 is 10.8 Å². The molecule has 1 saturated heterocycles. The van der Waals surface area contributed by atoms with Crippen molar-refractivity contribution in [1.29, 1.82) is 0 Å². The molecule has 0 radical (unpaired) electrons. The molecule has 9 nitrogen and oxygen atoms in total. The fourth-order valence-corrected chi connectivity index (χ4v) is 3.85. The van der Waals surface area contributed by atoms with Gasteiger partial charge in [-0.1, -0.05) is 42.5 Å². The van der Waals surface area contributed by atoms with Gasteiger partial charge in [-0.05, 0) is 42.0 Å². The third kappa shape index (κ3) is 6.47. The highest BCUT2D eigenvalue weighted by Crippen LogP contribution is 2.26. The number of carbonyl (C=O) groups excluding carboxylic acids is 2. The molecule has 0 bridgehead atoms. The highest BCUT2D eigenvalue weighted by atomic mass is 16.6. The summed E-state index contributed by atoms with van der Waals surface area (Å²) in [6, 6.07) is 23.0. The van der Waals surface area contributed by atoms with Crippen molar-refractivity contribution >= 4 is 35.0 Å². The van der Waals surface area contributed by atoms with Crippen molar-refractivity contribution in [2.24, 2.45) is 0 Å². The molecule has 0 atom stereocenters. The van der Waals surface area contributed by atoms with Crippen molar-refractivity contribution in [3.05, 3.63) is 101 Å². The molecule has 36 heavy (non-hydrogen) atoms. The summed E-state index contributed by atoms with van der Waals surface area (Å²) in [5, 5.41) is 13.8. The standard InChI is InChI=1S/C27H26N4O5/c32-26(20-36-25-9-5-4-8-24(25)31(34)35)28-22-11-13-23(14-12-22)29-16-18-30(19-17-29)27(33)15-10-21-6-2-1-3-7-21/h1-15H,16-20H2,(H,28,32). The van der Waals surface area contributed by atoms with Gasteiger partial charge in [-0.2, -0.15) is 0 Å². The second-order valence-corrected chi connectivity index (χ2v) is 8.16. The second-order valence-electron chi connectivity index (χ2n) is 8.16. The van der Waals surface area contributed by atoms with E-state index in [0.717, 1.165) is 11.3 Å². The lowest BCUT2D eigenvalue weighted by atomic mass is 10.2. The van der Waals surface area contributed by atoms with E-state index in [2.05, 4.69) is 10.2 Å². The number of hydrogen-bond donors (Lipinski definition) is 1. The van der Waals surface area contributed by atoms with Gasteiger partial charge in [0.05, 0.1) is 4.92 Å². The van der Waals surface area contributed by atoms with E-state index in [0.29, 0.717) is 31.9 Å². The maximum Gasteiger partial charge on any atom is 0.310 e. The summed E-state index contributed by atoms with van der Waals surface area (Å²) in [6.45, 7) is 2.32. The Morgan fingerprint density at radius 2 is 1.58 bits per heavy atom. The normalized spacial score (nSPS) is 13.4. The van der Waals surface area contributed by atoms with Crippen LogP contribution in [0.3, 0.4) is 0 Å². The van der Waals surface area contributed by atoms with E-state index in [4.69, 9.17) is 4.74 Å². The van der Waals surface area contributed by atoms with Crippen LogP contribution in [0.4, 0.5) is 17.1 Å². The zero-order chi connectivity index (χ0) is 25.3. The third-order valence-corrected chi connectivity index (χ3v) is 5.75. The van der Waals surface area contributed by atoms with Crippen LogP contribution in [0.25, 0.3) is 6.08 Å². The molecule has 1 N–H and O–H groups in total. The molecular formula is C27H26N4O5. The molecule has 4 rings (SSSR count). The van der Waals surface area contributed by atoms with Crippen LogP contribution in [0.5, 0.6) is 5.75 Å². The summed E-state index contributed by atoms with van der Waals surface area (Å²) in [4.78, 5) is 39.3. The van der Waals surface area contributed by atoms with Gasteiger partial charge < -0.3 is 19.9 Å². The van der Waals surface area contributed by atoms with Gasteiger partial charge in [0.15, 0.2) is 12.4 Å². The molecule has 184 valence electrons. The summed E-state index contributed by atoms with van der Waals surface area (Å²) < 4.78 is 5.32. The Balaban J connectivity index is 1.24. The first kappa shape index (κ1) is 24.5. The Bertz CT molecular complexity index is 1240. The monoisotopic (exact) mass is 486 g/mol. The van der Waals surface area contributed by atoms with Gasteiger partial charge in [0.1, 0.15) is 0 Å². The highest BCUT2D eigenvalue weighted by molar-refractivity contribution is 5.92. The Morgan fingerprint density at radius 3 is 2.28 bits per heavy atom. The fourth-order valence-electron chi connectivity index (χ4n) is 3.85. The van der Waals surface area contributed by atoms with Gasteiger partial charge >= 0.3 is 5.69 Å². The van der Waals surface area contributed by atoms with Crippen molar-refractivity contribution in [3.63, 3.8) is 0 Å². The number of nitrogens with zero attached hydrogens (tertiary/aromatic N) is 3. The molecule has 0 unspecified atom stereocenters. The number of ether oxygens (including phenoxy) is 1. The molecular weight excluding hydrogens is 460 g/mol. The average Bonchev–Trinajstić information content (AvgIpc) is 2.92. The zero-order valence-electron chi connectivity index (χ0n) is 19.6. The number of anilines is 2. The first-order chi connectivity index (χ1) is 17.5. The minimum absolute atomic E-state index is 0.000354. The molecule has 3 aromatic carbocycles. The number of hydrogen-bond acceptors (Lipinski definition) is 6. The molecule has 0 saturated carbocycles. The van der Waals surface area contributed by atoms with Gasteiger partial charge in [-0.25, -0.2) is 0 Å². The molecule has 1 aliphatic rings. The minimum atomic E-state index is -0.552.